The largest absolute Gasteiger partial charge is 0.348 e. The van der Waals surface area contributed by atoms with Crippen molar-refractivity contribution < 1.29 is 14.0 Å². The number of nitrogens with zero attached hydrogens (tertiary/aromatic N) is 2. The molecule has 1 aromatic heterocycles. The van der Waals surface area contributed by atoms with E-state index >= 15 is 0 Å². The van der Waals surface area contributed by atoms with Crippen LogP contribution in [0.5, 0.6) is 0 Å². The van der Waals surface area contributed by atoms with Gasteiger partial charge in [0.15, 0.2) is 0 Å². The molecule has 1 saturated carbocycles. The number of rotatable bonds is 3. The van der Waals surface area contributed by atoms with E-state index in [0.717, 1.165) is 45.0 Å². The average Bonchev–Trinajstić information content (AvgIpc) is 2.83. The number of likely N-dealkylation sites (tertiary alicyclic amines) is 1. The van der Waals surface area contributed by atoms with E-state index in [2.05, 4.69) is 16.2 Å². The van der Waals surface area contributed by atoms with Crippen LogP contribution in [0.25, 0.3) is 10.8 Å². The quantitative estimate of drug-likeness (QED) is 0.621. The number of terminal acetylenes is 1. The summed E-state index contributed by atoms with van der Waals surface area (Å²) in [5, 5.41) is 4.00. The molecule has 1 spiro atoms. The van der Waals surface area contributed by atoms with Gasteiger partial charge < -0.3 is 10.2 Å². The topological polar surface area (TPSA) is 62.3 Å². The predicted molar refractivity (Wildman–Crippen MR) is 124 cm³/mol. The van der Waals surface area contributed by atoms with Crippen LogP contribution < -0.4 is 5.32 Å². The summed E-state index contributed by atoms with van der Waals surface area (Å²) in [6, 6.07) is 14.1. The Kier molecular flexibility index (Phi) is 5.33. The summed E-state index contributed by atoms with van der Waals surface area (Å²) in [7, 11) is 0. The van der Waals surface area contributed by atoms with Crippen LogP contribution in [-0.2, 0) is 0 Å². The molecule has 2 amide bonds. The van der Waals surface area contributed by atoms with Crippen LogP contribution in [0.4, 0.5) is 4.39 Å². The van der Waals surface area contributed by atoms with Crippen molar-refractivity contribution in [3.63, 3.8) is 0 Å². The van der Waals surface area contributed by atoms with E-state index in [1.54, 1.807) is 36.4 Å². The highest BCUT2D eigenvalue weighted by Gasteiger charge is 2.47. The molecule has 166 valence electrons. The predicted octanol–water partition coefficient (Wildman–Crippen LogP) is 4.17. The Morgan fingerprint density at radius 3 is 2.55 bits per heavy atom. The first-order valence-electron chi connectivity index (χ1n) is 11.2. The molecule has 0 bridgehead atoms. The Morgan fingerprint density at radius 1 is 1.09 bits per heavy atom. The zero-order valence-corrected chi connectivity index (χ0v) is 18.2. The fraction of sp³-hybridized carbons (Fsp3) is 0.296. The summed E-state index contributed by atoms with van der Waals surface area (Å²) in [4.78, 5) is 31.6. The molecular weight excluding hydrogens is 417 g/mol. The van der Waals surface area contributed by atoms with Crippen LogP contribution >= 0.6 is 0 Å². The highest BCUT2D eigenvalue weighted by atomic mass is 19.1. The zero-order valence-electron chi connectivity index (χ0n) is 18.2. The number of aromatic nitrogens is 1. The van der Waals surface area contributed by atoms with Crippen LogP contribution in [0.1, 0.15) is 52.1 Å². The maximum absolute atomic E-state index is 14.0. The molecular formula is C27H24FN3O2. The van der Waals surface area contributed by atoms with E-state index in [-0.39, 0.29) is 29.0 Å². The molecule has 0 unspecified atom stereocenters. The fourth-order valence-corrected chi connectivity index (χ4v) is 5.12. The highest BCUT2D eigenvalue weighted by molar-refractivity contribution is 6.05. The lowest BCUT2D eigenvalue weighted by molar-refractivity contribution is -0.0198. The number of hydrogen-bond donors (Lipinski definition) is 1. The molecule has 1 saturated heterocycles. The maximum Gasteiger partial charge on any atom is 0.270 e. The molecule has 3 aromatic rings. The molecule has 1 aliphatic carbocycles. The molecule has 1 aliphatic heterocycles. The highest BCUT2D eigenvalue weighted by Crippen LogP contribution is 2.44. The van der Waals surface area contributed by atoms with Crippen molar-refractivity contribution in [1.82, 2.24) is 15.2 Å². The number of nitrogens with one attached hydrogen (secondary N) is 1. The minimum Gasteiger partial charge on any atom is -0.348 e. The average molecular weight is 442 g/mol. The molecule has 0 atom stereocenters. The molecule has 2 aromatic carbocycles. The molecule has 2 heterocycles. The molecule has 5 rings (SSSR count). The van der Waals surface area contributed by atoms with Gasteiger partial charge in [0.2, 0.25) is 0 Å². The molecule has 6 heteroatoms. The van der Waals surface area contributed by atoms with E-state index < -0.39 is 5.82 Å². The van der Waals surface area contributed by atoms with Crippen molar-refractivity contribution in [3.8, 4) is 12.3 Å². The van der Waals surface area contributed by atoms with Crippen LogP contribution in [-0.4, -0.2) is 40.8 Å². The first-order valence-corrected chi connectivity index (χ1v) is 11.2. The van der Waals surface area contributed by atoms with Gasteiger partial charge in [0, 0.05) is 46.4 Å². The second kappa shape index (κ2) is 8.32. The van der Waals surface area contributed by atoms with Gasteiger partial charge in [-0.2, -0.15) is 0 Å². The Morgan fingerprint density at radius 2 is 1.82 bits per heavy atom. The number of halogens is 1. The number of amides is 2. The number of carbonyl (C=O) groups is 2. The van der Waals surface area contributed by atoms with Crippen LogP contribution in [0.2, 0.25) is 0 Å². The van der Waals surface area contributed by atoms with Gasteiger partial charge in [0.05, 0.1) is 6.20 Å². The van der Waals surface area contributed by atoms with Gasteiger partial charge in [-0.3, -0.25) is 9.59 Å². The van der Waals surface area contributed by atoms with Gasteiger partial charge in [-0.05, 0) is 43.9 Å². The summed E-state index contributed by atoms with van der Waals surface area (Å²) in [6.07, 6.45) is 10.1. The van der Waals surface area contributed by atoms with Gasteiger partial charge in [-0.1, -0.05) is 36.3 Å². The van der Waals surface area contributed by atoms with Crippen LogP contribution in [0, 0.1) is 23.6 Å². The number of carbonyl (C=O) groups excluding carboxylic acids is 2. The third kappa shape index (κ3) is 3.95. The Balaban J connectivity index is 1.18. The number of hydrogen-bond acceptors (Lipinski definition) is 3. The number of benzene rings is 2. The maximum atomic E-state index is 14.0. The van der Waals surface area contributed by atoms with Gasteiger partial charge in [-0.15, -0.1) is 6.42 Å². The van der Waals surface area contributed by atoms with Gasteiger partial charge in [-0.25, -0.2) is 9.37 Å². The van der Waals surface area contributed by atoms with Crippen molar-refractivity contribution in [2.24, 2.45) is 5.41 Å². The van der Waals surface area contributed by atoms with Gasteiger partial charge >= 0.3 is 0 Å². The SMILES string of the molecule is C#Cc1cccc(C(=O)N2CC3(CCC(NC(=O)c4ncc(F)c5ccccc45)CC3)C2)c1. The second-order valence-electron chi connectivity index (χ2n) is 9.13. The first-order chi connectivity index (χ1) is 16.0. The molecule has 0 radical (unpaired) electrons. The van der Waals surface area contributed by atoms with E-state index in [9.17, 15) is 14.0 Å². The van der Waals surface area contributed by atoms with Crippen LogP contribution in [0.15, 0.2) is 54.7 Å². The summed E-state index contributed by atoms with van der Waals surface area (Å²) >= 11 is 0. The van der Waals surface area contributed by atoms with Crippen molar-refractivity contribution in [1.29, 1.82) is 0 Å². The minimum atomic E-state index is -0.433. The third-order valence-corrected chi connectivity index (χ3v) is 6.96. The fourth-order valence-electron chi connectivity index (χ4n) is 5.12. The molecule has 2 aliphatic rings. The Bertz CT molecular complexity index is 1280. The molecule has 2 fully saturated rings. The molecule has 33 heavy (non-hydrogen) atoms. The summed E-state index contributed by atoms with van der Waals surface area (Å²) < 4.78 is 14.0. The summed E-state index contributed by atoms with van der Waals surface area (Å²) in [5.41, 5.74) is 1.71. The van der Waals surface area contributed by atoms with Crippen molar-refractivity contribution in [2.45, 2.75) is 31.7 Å². The van der Waals surface area contributed by atoms with Crippen molar-refractivity contribution in [3.05, 3.63) is 77.4 Å². The minimum absolute atomic E-state index is 0.0161. The monoisotopic (exact) mass is 441 g/mol. The van der Waals surface area contributed by atoms with E-state index in [1.165, 1.54) is 0 Å². The van der Waals surface area contributed by atoms with Gasteiger partial charge in [0.1, 0.15) is 11.5 Å². The second-order valence-corrected chi connectivity index (χ2v) is 9.13. The molecule has 1 N–H and O–H groups in total. The van der Waals surface area contributed by atoms with E-state index in [1.807, 2.05) is 17.0 Å². The third-order valence-electron chi connectivity index (χ3n) is 6.96. The Labute approximate surface area is 192 Å². The summed E-state index contributed by atoms with van der Waals surface area (Å²) in [6.45, 7) is 1.47. The van der Waals surface area contributed by atoms with E-state index in [0.29, 0.717) is 21.9 Å². The standard InChI is InChI=1S/C27H24FN3O2/c1-2-18-6-5-7-19(14-18)26(33)31-16-27(17-31)12-10-20(11-13-27)30-25(32)24-22-9-4-3-8-21(22)23(28)15-29-24/h1,3-9,14-15,20H,10-13,16-17H2,(H,30,32). The first kappa shape index (κ1) is 21.1. The van der Waals surface area contributed by atoms with E-state index in [4.69, 9.17) is 6.42 Å². The number of fused-ring (bicyclic) bond motifs is 1. The summed E-state index contributed by atoms with van der Waals surface area (Å²) in [5.74, 6) is 1.88. The van der Waals surface area contributed by atoms with Gasteiger partial charge in [0.25, 0.3) is 11.8 Å². The lowest BCUT2D eigenvalue weighted by atomic mass is 9.67. The van der Waals surface area contributed by atoms with Crippen molar-refractivity contribution in [2.75, 3.05) is 13.1 Å². The lowest BCUT2D eigenvalue weighted by Crippen LogP contribution is -2.60. The lowest BCUT2D eigenvalue weighted by Gasteiger charge is -2.53. The molecule has 5 nitrogen and oxygen atoms in total. The smallest absolute Gasteiger partial charge is 0.270 e. The zero-order chi connectivity index (χ0) is 23.0. The normalized spacial score (nSPS) is 17.4. The van der Waals surface area contributed by atoms with Crippen molar-refractivity contribution >= 4 is 22.6 Å². The van der Waals surface area contributed by atoms with Crippen LogP contribution in [0.3, 0.4) is 0 Å². The Hall–Kier alpha value is -3.72. The number of pyridine rings is 1.